The molecule has 1 nitrogen and oxygen atoms in total. The first kappa shape index (κ1) is 10.3. The van der Waals surface area contributed by atoms with Gasteiger partial charge in [-0.1, -0.05) is 6.07 Å². The number of hydrogen-bond donors (Lipinski definition) is 1. The Morgan fingerprint density at radius 2 is 2.46 bits per heavy atom. The van der Waals surface area contributed by atoms with Crippen LogP contribution in [0.2, 0.25) is 0 Å². The number of aryl methyl sites for hydroxylation is 1. The Bertz CT molecular complexity index is 258. The van der Waals surface area contributed by atoms with E-state index in [2.05, 4.69) is 23.4 Å². The van der Waals surface area contributed by atoms with E-state index in [0.29, 0.717) is 6.42 Å². The standard InChI is InChI=1S/C11H14OS/c1-2-5-10(12)6-3-7-11-8-4-9-13-11/h1,4,8-10,12H,3,5-7H2. The van der Waals surface area contributed by atoms with Gasteiger partial charge >= 0.3 is 0 Å². The maximum absolute atomic E-state index is 9.34. The number of hydrogen-bond acceptors (Lipinski definition) is 2. The highest BCUT2D eigenvalue weighted by atomic mass is 32.1. The van der Waals surface area contributed by atoms with Crippen molar-refractivity contribution < 1.29 is 5.11 Å². The molecular formula is C11H14OS. The van der Waals surface area contributed by atoms with Gasteiger partial charge in [0.05, 0.1) is 6.10 Å². The Hall–Kier alpha value is -0.780. The molecule has 0 fully saturated rings. The molecule has 70 valence electrons. The number of aliphatic hydroxyl groups is 1. The van der Waals surface area contributed by atoms with Crippen LogP contribution in [0.1, 0.15) is 24.1 Å². The van der Waals surface area contributed by atoms with Crippen LogP contribution in [0.4, 0.5) is 0 Å². The smallest absolute Gasteiger partial charge is 0.0649 e. The molecule has 0 amide bonds. The molecule has 1 rings (SSSR count). The Balaban J connectivity index is 2.11. The Kier molecular flexibility index (Phi) is 4.59. The van der Waals surface area contributed by atoms with Crippen molar-refractivity contribution in [1.29, 1.82) is 0 Å². The van der Waals surface area contributed by atoms with Crippen LogP contribution in [0.25, 0.3) is 0 Å². The van der Waals surface area contributed by atoms with Crippen LogP contribution in [0.3, 0.4) is 0 Å². The van der Waals surface area contributed by atoms with E-state index >= 15 is 0 Å². The zero-order valence-corrected chi connectivity index (χ0v) is 8.39. The average molecular weight is 194 g/mol. The Labute approximate surface area is 83.4 Å². The van der Waals surface area contributed by atoms with Crippen LogP contribution < -0.4 is 0 Å². The Morgan fingerprint density at radius 3 is 3.08 bits per heavy atom. The van der Waals surface area contributed by atoms with E-state index in [-0.39, 0.29) is 6.10 Å². The topological polar surface area (TPSA) is 20.2 Å². The molecule has 1 atom stereocenters. The third-order valence-corrected chi connectivity index (χ3v) is 2.83. The van der Waals surface area contributed by atoms with Gasteiger partial charge in [-0.2, -0.15) is 0 Å². The second-order valence-corrected chi connectivity index (χ2v) is 4.07. The fraction of sp³-hybridized carbons (Fsp3) is 0.455. The van der Waals surface area contributed by atoms with Crippen LogP contribution >= 0.6 is 11.3 Å². The first-order valence-corrected chi connectivity index (χ1v) is 5.35. The average Bonchev–Trinajstić information content (AvgIpc) is 2.57. The third kappa shape index (κ3) is 4.12. The molecule has 1 unspecified atom stereocenters. The van der Waals surface area contributed by atoms with Gasteiger partial charge in [-0.05, 0) is 30.7 Å². The molecule has 0 aliphatic carbocycles. The summed E-state index contributed by atoms with van der Waals surface area (Å²) in [5.74, 6) is 2.46. The molecule has 1 aromatic rings. The molecule has 0 aromatic carbocycles. The van der Waals surface area contributed by atoms with Crippen LogP contribution in [0.15, 0.2) is 17.5 Å². The van der Waals surface area contributed by atoms with Gasteiger partial charge in [-0.25, -0.2) is 0 Å². The first-order valence-electron chi connectivity index (χ1n) is 4.47. The lowest BCUT2D eigenvalue weighted by Gasteiger charge is -2.04. The molecule has 0 saturated heterocycles. The van der Waals surface area contributed by atoms with Crippen LogP contribution in [0, 0.1) is 12.3 Å². The highest BCUT2D eigenvalue weighted by molar-refractivity contribution is 7.09. The van der Waals surface area contributed by atoms with Crippen molar-refractivity contribution in [2.75, 3.05) is 0 Å². The summed E-state index contributed by atoms with van der Waals surface area (Å²) in [5, 5.41) is 11.4. The van der Waals surface area contributed by atoms with Gasteiger partial charge in [0.1, 0.15) is 0 Å². The van der Waals surface area contributed by atoms with E-state index in [1.165, 1.54) is 4.88 Å². The van der Waals surface area contributed by atoms with Crippen LogP contribution in [-0.2, 0) is 6.42 Å². The summed E-state index contributed by atoms with van der Waals surface area (Å²) in [6.07, 6.45) is 8.13. The zero-order valence-electron chi connectivity index (χ0n) is 7.57. The molecule has 0 bridgehead atoms. The summed E-state index contributed by atoms with van der Waals surface area (Å²) in [6.45, 7) is 0. The zero-order chi connectivity index (χ0) is 9.52. The minimum atomic E-state index is -0.315. The molecule has 2 heteroatoms. The van der Waals surface area contributed by atoms with Gasteiger partial charge in [0, 0.05) is 11.3 Å². The summed E-state index contributed by atoms with van der Waals surface area (Å²) in [6, 6.07) is 4.18. The first-order chi connectivity index (χ1) is 6.33. The van der Waals surface area contributed by atoms with Crippen molar-refractivity contribution in [2.45, 2.75) is 31.8 Å². The van der Waals surface area contributed by atoms with Gasteiger partial charge in [0.25, 0.3) is 0 Å². The van der Waals surface area contributed by atoms with Crippen molar-refractivity contribution in [2.24, 2.45) is 0 Å². The van der Waals surface area contributed by atoms with E-state index in [0.717, 1.165) is 19.3 Å². The maximum Gasteiger partial charge on any atom is 0.0649 e. The van der Waals surface area contributed by atoms with Gasteiger partial charge in [0.15, 0.2) is 0 Å². The van der Waals surface area contributed by atoms with Gasteiger partial charge < -0.3 is 5.11 Å². The minimum Gasteiger partial charge on any atom is -0.392 e. The number of aliphatic hydroxyl groups excluding tert-OH is 1. The van der Waals surface area contributed by atoms with Crippen molar-refractivity contribution in [3.05, 3.63) is 22.4 Å². The molecule has 1 aromatic heterocycles. The number of terminal acetylenes is 1. The van der Waals surface area contributed by atoms with Crippen molar-refractivity contribution in [1.82, 2.24) is 0 Å². The second kappa shape index (κ2) is 5.80. The van der Waals surface area contributed by atoms with Crippen molar-refractivity contribution in [3.63, 3.8) is 0 Å². The molecule has 0 spiro atoms. The number of rotatable bonds is 5. The molecule has 0 aliphatic rings. The van der Waals surface area contributed by atoms with Crippen molar-refractivity contribution in [3.8, 4) is 12.3 Å². The van der Waals surface area contributed by atoms with E-state index in [1.54, 1.807) is 11.3 Å². The lowest BCUT2D eigenvalue weighted by atomic mass is 10.1. The fourth-order valence-corrected chi connectivity index (χ4v) is 1.96. The predicted molar refractivity (Wildman–Crippen MR) is 56.7 cm³/mol. The lowest BCUT2D eigenvalue weighted by molar-refractivity contribution is 0.167. The fourth-order valence-electron chi connectivity index (χ4n) is 1.20. The minimum absolute atomic E-state index is 0.315. The molecule has 1 N–H and O–H groups in total. The molecular weight excluding hydrogens is 180 g/mol. The predicted octanol–water partition coefficient (Wildman–Crippen LogP) is 2.46. The van der Waals surface area contributed by atoms with E-state index in [4.69, 9.17) is 6.42 Å². The van der Waals surface area contributed by atoms with E-state index in [9.17, 15) is 5.11 Å². The molecule has 0 aliphatic heterocycles. The summed E-state index contributed by atoms with van der Waals surface area (Å²) in [5.41, 5.74) is 0. The number of thiophene rings is 1. The van der Waals surface area contributed by atoms with Crippen LogP contribution in [0.5, 0.6) is 0 Å². The van der Waals surface area contributed by atoms with Crippen molar-refractivity contribution >= 4 is 11.3 Å². The Morgan fingerprint density at radius 1 is 1.62 bits per heavy atom. The lowest BCUT2D eigenvalue weighted by Crippen LogP contribution is -2.04. The SMILES string of the molecule is C#CCC(O)CCCc1cccs1. The third-order valence-electron chi connectivity index (χ3n) is 1.89. The molecule has 1 heterocycles. The van der Waals surface area contributed by atoms with Gasteiger partial charge in [-0.3, -0.25) is 0 Å². The summed E-state index contributed by atoms with van der Waals surface area (Å²) in [7, 11) is 0. The summed E-state index contributed by atoms with van der Waals surface area (Å²) in [4.78, 5) is 1.38. The summed E-state index contributed by atoms with van der Waals surface area (Å²) < 4.78 is 0. The molecule has 0 radical (unpaired) electrons. The summed E-state index contributed by atoms with van der Waals surface area (Å²) >= 11 is 1.77. The molecule has 0 saturated carbocycles. The second-order valence-electron chi connectivity index (χ2n) is 3.03. The van der Waals surface area contributed by atoms with E-state index < -0.39 is 0 Å². The monoisotopic (exact) mass is 194 g/mol. The largest absolute Gasteiger partial charge is 0.392 e. The molecule has 13 heavy (non-hydrogen) atoms. The van der Waals surface area contributed by atoms with Crippen LogP contribution in [-0.4, -0.2) is 11.2 Å². The maximum atomic E-state index is 9.34. The van der Waals surface area contributed by atoms with E-state index in [1.807, 2.05) is 0 Å². The highest BCUT2D eigenvalue weighted by Crippen LogP contribution is 2.13. The van der Waals surface area contributed by atoms with Gasteiger partial charge in [-0.15, -0.1) is 23.7 Å². The van der Waals surface area contributed by atoms with Gasteiger partial charge in [0.2, 0.25) is 0 Å². The quantitative estimate of drug-likeness (QED) is 0.714. The highest BCUT2D eigenvalue weighted by Gasteiger charge is 2.01. The normalized spacial score (nSPS) is 12.3.